The van der Waals surface area contributed by atoms with E-state index in [1.165, 1.54) is 20.5 Å². The van der Waals surface area contributed by atoms with E-state index in [2.05, 4.69) is 28.7 Å². The van der Waals surface area contributed by atoms with Gasteiger partial charge in [-0.1, -0.05) is 18.2 Å². The fourth-order valence-corrected chi connectivity index (χ4v) is 5.09. The summed E-state index contributed by atoms with van der Waals surface area (Å²) in [6.45, 7) is 4.70. The van der Waals surface area contributed by atoms with Crippen LogP contribution >= 0.6 is 11.3 Å². The fraction of sp³-hybridized carbons (Fsp3) is 0.571. The Hall–Kier alpha value is -2.01. The Bertz CT molecular complexity index is 949. The number of likely N-dealkylation sites (tertiary alicyclic amines) is 1. The maximum atomic E-state index is 12.7. The first-order chi connectivity index (χ1) is 14.7. The topological polar surface area (TPSA) is 32.8 Å². The second kappa shape index (κ2) is 8.74. The highest BCUT2D eigenvalue weighted by Crippen LogP contribution is 2.37. The highest BCUT2D eigenvalue weighted by Gasteiger charge is 2.60. The molecule has 1 aromatic carbocycles. The van der Waals surface area contributed by atoms with Crippen LogP contribution in [0, 0.1) is 6.92 Å². The van der Waals surface area contributed by atoms with Crippen molar-refractivity contribution in [2.45, 2.75) is 57.2 Å². The van der Waals surface area contributed by atoms with Gasteiger partial charge in [-0.05, 0) is 50.8 Å². The Morgan fingerprint density at radius 1 is 1.16 bits per heavy atom. The highest BCUT2D eigenvalue weighted by atomic mass is 32.1. The third-order valence-electron chi connectivity index (χ3n) is 6.16. The van der Waals surface area contributed by atoms with Crippen LogP contribution in [0.4, 0.5) is 31.1 Å². The third kappa shape index (κ3) is 5.14. The number of nitrogens with zero attached hydrogens (tertiary/aromatic N) is 2. The molecule has 178 valence electrons. The molecule has 0 atom stereocenters. The number of hydrogen-bond donors (Lipinski definition) is 0. The van der Waals surface area contributed by atoms with Crippen molar-refractivity contribution in [3.63, 3.8) is 0 Å². The lowest BCUT2D eigenvalue weighted by Crippen LogP contribution is -2.54. The molecule has 1 saturated heterocycles. The predicted molar refractivity (Wildman–Crippen MR) is 110 cm³/mol. The van der Waals surface area contributed by atoms with Gasteiger partial charge in [0.05, 0.1) is 0 Å². The molecule has 0 saturated carbocycles. The molecular weight excluding hydrogens is 458 g/mol. The van der Waals surface area contributed by atoms with Crippen LogP contribution in [-0.4, -0.2) is 60.0 Å². The second-order valence-electron chi connectivity index (χ2n) is 8.33. The molecular formula is C21H24F6N2O2S. The van der Waals surface area contributed by atoms with E-state index in [0.29, 0.717) is 19.4 Å². The molecule has 0 bridgehead atoms. The van der Waals surface area contributed by atoms with Gasteiger partial charge >= 0.3 is 18.4 Å². The van der Waals surface area contributed by atoms with Gasteiger partial charge in [0.25, 0.3) is 6.10 Å². The zero-order chi connectivity index (χ0) is 23.9. The number of rotatable bonds is 4. The summed E-state index contributed by atoms with van der Waals surface area (Å²) in [6, 6.07) is 8.07. The van der Waals surface area contributed by atoms with E-state index in [9.17, 15) is 31.1 Å². The Morgan fingerprint density at radius 2 is 1.72 bits per heavy atom. The molecule has 32 heavy (non-hydrogen) atoms. The van der Waals surface area contributed by atoms with Crippen LogP contribution in [0.3, 0.4) is 0 Å². The normalized spacial score (nSPS) is 17.4. The predicted octanol–water partition coefficient (Wildman–Crippen LogP) is 6.13. The molecule has 0 radical (unpaired) electrons. The molecule has 1 fully saturated rings. The fourth-order valence-electron chi connectivity index (χ4n) is 3.83. The van der Waals surface area contributed by atoms with Gasteiger partial charge in [0.15, 0.2) is 0 Å². The second-order valence-corrected chi connectivity index (χ2v) is 9.47. The highest BCUT2D eigenvalue weighted by molar-refractivity contribution is 7.19. The van der Waals surface area contributed by atoms with Gasteiger partial charge in [-0.15, -0.1) is 11.3 Å². The minimum Gasteiger partial charge on any atom is -0.426 e. The summed E-state index contributed by atoms with van der Waals surface area (Å²) in [5.74, 6) is 0. The van der Waals surface area contributed by atoms with Crippen molar-refractivity contribution in [3.05, 3.63) is 34.7 Å². The largest absolute Gasteiger partial charge is 0.434 e. The number of ether oxygens (including phenoxy) is 1. The van der Waals surface area contributed by atoms with Crippen molar-refractivity contribution >= 4 is 27.5 Å². The minimum absolute atomic E-state index is 0.00745. The third-order valence-corrected chi connectivity index (χ3v) is 7.41. The summed E-state index contributed by atoms with van der Waals surface area (Å²) in [4.78, 5) is 16.2. The molecule has 2 heterocycles. The van der Waals surface area contributed by atoms with Crippen molar-refractivity contribution < 1.29 is 35.9 Å². The molecule has 0 N–H and O–H groups in total. The summed E-state index contributed by atoms with van der Waals surface area (Å²) < 4.78 is 81.0. The van der Waals surface area contributed by atoms with Crippen LogP contribution in [0.5, 0.6) is 0 Å². The standard InChI is InChI=1S/C21H24F6N2O2S/c1-13-14-6-4-5-7-15(14)32-16(13)12-28(3)19(2)8-10-29(11-9-19)18(30)31-17(20(22,23)24)21(25,26)27/h4-7,17H,8-12H2,1-3H3. The van der Waals surface area contributed by atoms with Crippen molar-refractivity contribution in [1.29, 1.82) is 0 Å². The number of thiophene rings is 1. The van der Waals surface area contributed by atoms with Gasteiger partial charge in [-0.2, -0.15) is 26.3 Å². The van der Waals surface area contributed by atoms with E-state index in [-0.39, 0.29) is 18.6 Å². The number of carbonyl (C=O) groups excluding carboxylic acids is 1. The van der Waals surface area contributed by atoms with Gasteiger partial charge in [0, 0.05) is 34.8 Å². The average Bonchev–Trinajstić information content (AvgIpc) is 3.00. The van der Waals surface area contributed by atoms with Crippen molar-refractivity contribution in [3.8, 4) is 0 Å². The number of aryl methyl sites for hydroxylation is 1. The molecule has 1 aliphatic heterocycles. The minimum atomic E-state index is -5.72. The number of alkyl halides is 6. The van der Waals surface area contributed by atoms with Crippen LogP contribution in [0.25, 0.3) is 10.1 Å². The summed E-state index contributed by atoms with van der Waals surface area (Å²) in [7, 11) is 1.93. The summed E-state index contributed by atoms with van der Waals surface area (Å²) in [5, 5.41) is 1.19. The Labute approximate surface area is 185 Å². The SMILES string of the molecule is Cc1c(CN(C)C2(C)CCN(C(=O)OC(C(F)(F)F)C(F)(F)F)CC2)sc2ccccc12. The van der Waals surface area contributed by atoms with Crippen LogP contribution in [0.2, 0.25) is 0 Å². The van der Waals surface area contributed by atoms with E-state index >= 15 is 0 Å². The van der Waals surface area contributed by atoms with Gasteiger partial charge in [0.2, 0.25) is 0 Å². The lowest BCUT2D eigenvalue weighted by Gasteiger charge is -2.45. The molecule has 0 aliphatic carbocycles. The summed E-state index contributed by atoms with van der Waals surface area (Å²) >= 11 is 1.69. The maximum Gasteiger partial charge on any atom is 0.434 e. The molecule has 1 aromatic heterocycles. The Kier molecular flexibility index (Phi) is 6.72. The molecule has 2 aromatic rings. The van der Waals surface area contributed by atoms with Crippen LogP contribution in [0.15, 0.2) is 24.3 Å². The van der Waals surface area contributed by atoms with E-state index in [4.69, 9.17) is 0 Å². The van der Waals surface area contributed by atoms with Crippen LogP contribution in [-0.2, 0) is 11.3 Å². The van der Waals surface area contributed by atoms with E-state index in [0.717, 1.165) is 4.90 Å². The van der Waals surface area contributed by atoms with Crippen LogP contribution in [0.1, 0.15) is 30.2 Å². The van der Waals surface area contributed by atoms with Crippen LogP contribution < -0.4 is 0 Å². The average molecular weight is 482 g/mol. The number of halogens is 6. The number of piperidine rings is 1. The van der Waals surface area contributed by atoms with E-state index < -0.39 is 24.5 Å². The zero-order valence-corrected chi connectivity index (χ0v) is 18.6. The van der Waals surface area contributed by atoms with E-state index in [1.54, 1.807) is 11.3 Å². The zero-order valence-electron chi connectivity index (χ0n) is 17.8. The first-order valence-electron chi connectivity index (χ1n) is 9.99. The first-order valence-corrected chi connectivity index (χ1v) is 10.8. The number of fused-ring (bicyclic) bond motifs is 1. The molecule has 0 spiro atoms. The summed E-state index contributed by atoms with van der Waals surface area (Å²) in [6.07, 6.45) is -16.4. The Morgan fingerprint density at radius 3 is 2.25 bits per heavy atom. The molecule has 0 unspecified atom stereocenters. The van der Waals surface area contributed by atoms with Gasteiger partial charge in [-0.25, -0.2) is 4.79 Å². The Balaban J connectivity index is 1.63. The van der Waals surface area contributed by atoms with Crippen molar-refractivity contribution in [2.75, 3.05) is 20.1 Å². The number of benzene rings is 1. The van der Waals surface area contributed by atoms with Gasteiger partial charge < -0.3 is 9.64 Å². The molecule has 1 aliphatic rings. The molecule has 3 rings (SSSR count). The molecule has 11 heteroatoms. The maximum absolute atomic E-state index is 12.7. The number of carbonyl (C=O) groups is 1. The molecule has 1 amide bonds. The summed E-state index contributed by atoms with van der Waals surface area (Å²) in [5.41, 5.74) is 0.819. The van der Waals surface area contributed by atoms with E-state index in [1.807, 2.05) is 26.1 Å². The number of hydrogen-bond acceptors (Lipinski definition) is 4. The quantitative estimate of drug-likeness (QED) is 0.492. The van der Waals surface area contributed by atoms with Gasteiger partial charge in [0.1, 0.15) is 0 Å². The smallest absolute Gasteiger partial charge is 0.426 e. The first kappa shape index (κ1) is 24.6. The van der Waals surface area contributed by atoms with Crippen molar-refractivity contribution in [2.24, 2.45) is 0 Å². The van der Waals surface area contributed by atoms with Crippen molar-refractivity contribution in [1.82, 2.24) is 9.80 Å². The number of amides is 1. The molecule has 4 nitrogen and oxygen atoms in total. The lowest BCUT2D eigenvalue weighted by molar-refractivity contribution is -0.308. The lowest BCUT2D eigenvalue weighted by atomic mass is 9.88. The monoisotopic (exact) mass is 482 g/mol. The van der Waals surface area contributed by atoms with Gasteiger partial charge in [-0.3, -0.25) is 4.90 Å².